The Hall–Kier alpha value is -8.81. The molecule has 0 N–H and O–H groups in total. The van der Waals surface area contributed by atoms with Crippen LogP contribution in [0.3, 0.4) is 0 Å². The summed E-state index contributed by atoms with van der Waals surface area (Å²) in [5, 5.41) is 9.03. The standard InChI is InChI=1S/C58H49N3O9S/c1-4-6-31-61(58-60-50-15-10-11-16-54(50)71-58)59-38-47-37-49(68-39-41-17-21-43(22-18-41)42-13-8-7-9-14-42)27-29-51(47)69-56(63)30-20-40-19-28-52(53(34-40)65-3)70-57(64)46-24-23-45-36-48(26-25-44(45)35-46)66-32-12-33-67-55(62)5-2/h4-5,7-11,13-30,34-38H,1-2,6,12,31-33,39H2,3H3/b30-20+,59-38+. The van der Waals surface area contributed by atoms with Gasteiger partial charge in [0.1, 0.15) is 23.9 Å². The Bertz CT molecular complexity index is 3210. The van der Waals surface area contributed by atoms with E-state index in [1.165, 1.54) is 24.5 Å². The van der Waals surface area contributed by atoms with E-state index >= 15 is 0 Å². The fraction of sp³-hybridized carbons (Fsp3) is 0.121. The molecule has 13 heteroatoms. The molecule has 0 bridgehead atoms. The maximum absolute atomic E-state index is 13.5. The molecule has 0 aliphatic carbocycles. The number of carbonyl (C=O) groups is 3. The number of fused-ring (bicyclic) bond motifs is 2. The van der Waals surface area contributed by atoms with Gasteiger partial charge < -0.3 is 28.4 Å². The Kier molecular flexibility index (Phi) is 16.4. The molecule has 0 fully saturated rings. The van der Waals surface area contributed by atoms with E-state index in [1.54, 1.807) is 71.9 Å². The van der Waals surface area contributed by atoms with Gasteiger partial charge in [-0.25, -0.2) is 24.4 Å². The van der Waals surface area contributed by atoms with E-state index in [9.17, 15) is 14.4 Å². The maximum Gasteiger partial charge on any atom is 0.343 e. The Morgan fingerprint density at radius 2 is 1.45 bits per heavy atom. The molecule has 0 saturated heterocycles. The number of nitrogens with zero attached hydrogens (tertiary/aromatic N) is 3. The highest BCUT2D eigenvalue weighted by Crippen LogP contribution is 2.32. The minimum Gasteiger partial charge on any atom is -0.493 e. The predicted molar refractivity (Wildman–Crippen MR) is 280 cm³/mol. The van der Waals surface area contributed by atoms with Crippen LogP contribution in [-0.4, -0.2) is 56.0 Å². The summed E-state index contributed by atoms with van der Waals surface area (Å²) >= 11 is 1.53. The number of benzene rings is 7. The van der Waals surface area contributed by atoms with Crippen molar-refractivity contribution in [3.8, 4) is 39.9 Å². The molecular weight excluding hydrogens is 915 g/mol. The molecule has 0 aliphatic rings. The summed E-state index contributed by atoms with van der Waals surface area (Å²) in [6, 6.07) is 47.2. The second-order valence-electron chi connectivity index (χ2n) is 15.8. The van der Waals surface area contributed by atoms with Crippen LogP contribution in [0.2, 0.25) is 0 Å². The van der Waals surface area contributed by atoms with Crippen LogP contribution in [0.15, 0.2) is 188 Å². The van der Waals surface area contributed by atoms with Crippen LogP contribution in [-0.2, 0) is 20.9 Å². The smallest absolute Gasteiger partial charge is 0.343 e. The van der Waals surface area contributed by atoms with Crippen LogP contribution < -0.4 is 28.7 Å². The first kappa shape index (κ1) is 48.6. The lowest BCUT2D eigenvalue weighted by molar-refractivity contribution is -0.138. The van der Waals surface area contributed by atoms with Gasteiger partial charge in [-0.15, -0.1) is 6.58 Å². The lowest BCUT2D eigenvalue weighted by atomic mass is 10.0. The number of hydrogen-bond donors (Lipinski definition) is 0. The SMILES string of the molecule is C=CCCN(/N=C/c1cc(OCc2ccc(-c3ccccc3)cc2)ccc1OC(=O)/C=C/c1ccc(OC(=O)c2ccc3cc(OCCCOC(=O)C=C)ccc3c2)c(OC)c1)c1nc2ccccc2s1. The van der Waals surface area contributed by atoms with E-state index in [2.05, 4.69) is 37.4 Å². The normalized spacial score (nSPS) is 11.1. The average molecular weight is 964 g/mol. The molecule has 356 valence electrons. The molecule has 8 rings (SSSR count). The van der Waals surface area contributed by atoms with E-state index in [0.717, 1.165) is 43.8 Å². The number of anilines is 1. The van der Waals surface area contributed by atoms with Crippen molar-refractivity contribution in [2.24, 2.45) is 5.10 Å². The van der Waals surface area contributed by atoms with Gasteiger partial charge in [-0.2, -0.15) is 5.10 Å². The molecule has 0 spiro atoms. The second kappa shape index (κ2) is 24.0. The number of aromatic nitrogens is 1. The van der Waals surface area contributed by atoms with E-state index in [4.69, 9.17) is 38.5 Å². The highest BCUT2D eigenvalue weighted by atomic mass is 32.1. The third-order valence-corrected chi connectivity index (χ3v) is 11.9. The third-order valence-electron chi connectivity index (χ3n) is 10.9. The van der Waals surface area contributed by atoms with Crippen LogP contribution in [0.25, 0.3) is 38.2 Å². The van der Waals surface area contributed by atoms with Crippen molar-refractivity contribution in [1.29, 1.82) is 0 Å². The highest BCUT2D eigenvalue weighted by Gasteiger charge is 2.16. The van der Waals surface area contributed by atoms with Crippen LogP contribution in [0, 0.1) is 0 Å². The van der Waals surface area contributed by atoms with Crippen molar-refractivity contribution in [3.63, 3.8) is 0 Å². The van der Waals surface area contributed by atoms with E-state index in [0.29, 0.717) is 65.9 Å². The lowest BCUT2D eigenvalue weighted by Gasteiger charge is -2.15. The molecule has 0 radical (unpaired) electrons. The number of thiazole rings is 1. The molecule has 0 aliphatic heterocycles. The number of hydrogen-bond acceptors (Lipinski definition) is 13. The molecule has 1 aromatic heterocycles. The molecular formula is C58H49N3O9S. The van der Waals surface area contributed by atoms with Crippen molar-refractivity contribution in [1.82, 2.24) is 4.98 Å². The fourth-order valence-corrected chi connectivity index (χ4v) is 8.13. The second-order valence-corrected chi connectivity index (χ2v) is 16.8. The first-order valence-corrected chi connectivity index (χ1v) is 23.5. The minimum absolute atomic E-state index is 0.197. The molecule has 8 aromatic rings. The topological polar surface area (TPSA) is 135 Å². The van der Waals surface area contributed by atoms with Gasteiger partial charge in [0.2, 0.25) is 5.13 Å². The molecule has 0 saturated carbocycles. The fourth-order valence-electron chi connectivity index (χ4n) is 7.18. The quantitative estimate of drug-likeness (QED) is 0.0122. The van der Waals surface area contributed by atoms with Crippen molar-refractivity contribution in [2.75, 3.05) is 31.9 Å². The molecule has 71 heavy (non-hydrogen) atoms. The van der Waals surface area contributed by atoms with Crippen molar-refractivity contribution in [2.45, 2.75) is 19.4 Å². The van der Waals surface area contributed by atoms with Crippen molar-refractivity contribution >= 4 is 67.7 Å². The van der Waals surface area contributed by atoms with Crippen molar-refractivity contribution in [3.05, 3.63) is 205 Å². The number of ether oxygens (including phenoxy) is 6. The minimum atomic E-state index is -0.641. The largest absolute Gasteiger partial charge is 0.493 e. The average Bonchev–Trinajstić information content (AvgIpc) is 3.85. The number of methoxy groups -OCH3 is 1. The molecule has 7 aromatic carbocycles. The molecule has 0 amide bonds. The van der Waals surface area contributed by atoms with Gasteiger partial charge in [0, 0.05) is 30.7 Å². The zero-order valence-corrected chi connectivity index (χ0v) is 39.7. The van der Waals surface area contributed by atoms with Gasteiger partial charge in [0.15, 0.2) is 11.5 Å². The van der Waals surface area contributed by atoms with Gasteiger partial charge >= 0.3 is 17.9 Å². The Morgan fingerprint density at radius 3 is 2.25 bits per heavy atom. The summed E-state index contributed by atoms with van der Waals surface area (Å²) in [6.07, 6.45) is 8.64. The van der Waals surface area contributed by atoms with Crippen LogP contribution >= 0.6 is 11.3 Å². The molecule has 12 nitrogen and oxygen atoms in total. The summed E-state index contributed by atoms with van der Waals surface area (Å²) in [4.78, 5) is 42.8. The molecule has 0 unspecified atom stereocenters. The number of carbonyl (C=O) groups excluding carboxylic acids is 3. The van der Waals surface area contributed by atoms with E-state index < -0.39 is 17.9 Å². The first-order chi connectivity index (χ1) is 34.7. The highest BCUT2D eigenvalue weighted by molar-refractivity contribution is 7.22. The van der Waals surface area contributed by atoms with E-state index in [-0.39, 0.29) is 23.9 Å². The van der Waals surface area contributed by atoms with Gasteiger partial charge in [-0.05, 0) is 112 Å². The summed E-state index contributed by atoms with van der Waals surface area (Å²) in [5.74, 6) is 0.248. The zero-order valence-electron chi connectivity index (χ0n) is 38.9. The number of para-hydroxylation sites is 1. The Labute approximate surface area is 415 Å². The number of rotatable bonds is 22. The predicted octanol–water partition coefficient (Wildman–Crippen LogP) is 12.5. The first-order valence-electron chi connectivity index (χ1n) is 22.7. The van der Waals surface area contributed by atoms with Gasteiger partial charge in [-0.1, -0.05) is 109 Å². The van der Waals surface area contributed by atoms with Crippen LogP contribution in [0.5, 0.6) is 28.7 Å². The van der Waals surface area contributed by atoms with Crippen LogP contribution in [0.1, 0.15) is 39.9 Å². The summed E-state index contributed by atoms with van der Waals surface area (Å²) in [7, 11) is 1.46. The van der Waals surface area contributed by atoms with Gasteiger partial charge in [0.05, 0.1) is 42.3 Å². The number of hydrazone groups is 1. The van der Waals surface area contributed by atoms with Crippen LogP contribution in [0.4, 0.5) is 5.13 Å². The maximum atomic E-state index is 13.5. The summed E-state index contributed by atoms with van der Waals surface area (Å²) in [5.41, 5.74) is 5.54. The molecule has 1 heterocycles. The lowest BCUT2D eigenvalue weighted by Crippen LogP contribution is -2.17. The monoisotopic (exact) mass is 963 g/mol. The summed E-state index contributed by atoms with van der Waals surface area (Å²) in [6.45, 7) is 8.70. The van der Waals surface area contributed by atoms with Crippen molar-refractivity contribution < 1.29 is 42.8 Å². The van der Waals surface area contributed by atoms with E-state index in [1.807, 2.05) is 78.9 Å². The zero-order chi connectivity index (χ0) is 49.4. The Balaban J connectivity index is 0.942. The molecule has 0 atom stereocenters. The third kappa shape index (κ3) is 13.3. The summed E-state index contributed by atoms with van der Waals surface area (Å²) < 4.78 is 35.3. The van der Waals surface area contributed by atoms with Gasteiger partial charge in [-0.3, -0.25) is 0 Å². The number of esters is 3. The Morgan fingerprint density at radius 1 is 0.704 bits per heavy atom. The van der Waals surface area contributed by atoms with Gasteiger partial charge in [0.25, 0.3) is 0 Å².